The van der Waals surface area contributed by atoms with Crippen molar-refractivity contribution in [3.8, 4) is 0 Å². The molecule has 0 aromatic heterocycles. The summed E-state index contributed by atoms with van der Waals surface area (Å²) >= 11 is 0. The summed E-state index contributed by atoms with van der Waals surface area (Å²) in [4.78, 5) is 25.5. The number of nitrogens with one attached hydrogen (secondary N) is 2. The van der Waals surface area contributed by atoms with Crippen molar-refractivity contribution in [1.29, 1.82) is 0 Å². The van der Waals surface area contributed by atoms with Crippen molar-refractivity contribution in [1.82, 2.24) is 5.32 Å². The van der Waals surface area contributed by atoms with Crippen LogP contribution in [-0.4, -0.2) is 32.5 Å². The number of amides is 2. The Labute approximate surface area is 155 Å². The van der Waals surface area contributed by atoms with E-state index < -0.39 is 17.6 Å². The number of rotatable bonds is 6. The average molecular weight is 379 g/mol. The van der Waals surface area contributed by atoms with Gasteiger partial charge in [-0.05, 0) is 23.8 Å². The van der Waals surface area contributed by atoms with Gasteiger partial charge in [0.1, 0.15) is 0 Å². The number of benzene rings is 2. The maximum Gasteiger partial charge on any atom is 0.416 e. The molecule has 8 heteroatoms. The molecule has 2 rings (SSSR count). The number of carbonyl (C=O) groups is 2. The molecule has 2 amide bonds. The third kappa shape index (κ3) is 6.02. The van der Waals surface area contributed by atoms with E-state index in [1.807, 2.05) is 6.07 Å². The van der Waals surface area contributed by atoms with Crippen LogP contribution in [0.25, 0.3) is 0 Å². The Morgan fingerprint density at radius 3 is 2.26 bits per heavy atom. The van der Waals surface area contributed by atoms with Crippen LogP contribution < -0.4 is 15.5 Å². The highest BCUT2D eigenvalue weighted by Gasteiger charge is 2.31. The summed E-state index contributed by atoms with van der Waals surface area (Å²) in [6.07, 6.45) is -4.41. The standard InChI is InChI=1S/C19H20F3N3O2/c1-25(2)16-9-8-14(19(20,21)22)11-15(16)24-18(27)12-23-17(26)10-13-6-4-3-5-7-13/h3-9,11H,10,12H2,1-2H3,(H,23,26)(H,24,27). The van der Waals surface area contributed by atoms with Gasteiger partial charge in [-0.3, -0.25) is 9.59 Å². The lowest BCUT2D eigenvalue weighted by Gasteiger charge is -2.20. The first-order chi connectivity index (χ1) is 12.7. The topological polar surface area (TPSA) is 61.4 Å². The number of hydrogen-bond donors (Lipinski definition) is 2. The van der Waals surface area contributed by atoms with E-state index in [4.69, 9.17) is 0 Å². The highest BCUT2D eigenvalue weighted by atomic mass is 19.4. The lowest BCUT2D eigenvalue weighted by molar-refractivity contribution is -0.137. The number of carbonyl (C=O) groups excluding carboxylic acids is 2. The minimum atomic E-state index is -4.52. The molecule has 0 aliphatic carbocycles. The highest BCUT2D eigenvalue weighted by molar-refractivity contribution is 5.97. The van der Waals surface area contributed by atoms with Crippen LogP contribution in [0.1, 0.15) is 11.1 Å². The van der Waals surface area contributed by atoms with Crippen molar-refractivity contribution >= 4 is 23.2 Å². The number of hydrogen-bond acceptors (Lipinski definition) is 3. The fourth-order valence-electron chi connectivity index (χ4n) is 2.42. The zero-order chi connectivity index (χ0) is 20.0. The number of anilines is 2. The first-order valence-electron chi connectivity index (χ1n) is 8.16. The summed E-state index contributed by atoms with van der Waals surface area (Å²) in [5.41, 5.74) is 0.379. The van der Waals surface area contributed by atoms with Gasteiger partial charge in [0.15, 0.2) is 0 Å². The molecular weight excluding hydrogens is 359 g/mol. The van der Waals surface area contributed by atoms with Gasteiger partial charge in [-0.15, -0.1) is 0 Å². The zero-order valence-corrected chi connectivity index (χ0v) is 14.9. The Morgan fingerprint density at radius 1 is 1.00 bits per heavy atom. The monoisotopic (exact) mass is 379 g/mol. The molecule has 0 unspecified atom stereocenters. The van der Waals surface area contributed by atoms with E-state index in [0.29, 0.717) is 5.69 Å². The Morgan fingerprint density at radius 2 is 1.67 bits per heavy atom. The molecule has 0 radical (unpaired) electrons. The second-order valence-corrected chi connectivity index (χ2v) is 6.11. The Balaban J connectivity index is 2.01. The largest absolute Gasteiger partial charge is 0.416 e. The predicted octanol–water partition coefficient (Wildman–Crippen LogP) is 3.07. The van der Waals surface area contributed by atoms with Crippen LogP contribution in [-0.2, 0) is 22.2 Å². The summed E-state index contributed by atoms with van der Waals surface area (Å²) < 4.78 is 38.7. The van der Waals surface area contributed by atoms with E-state index in [9.17, 15) is 22.8 Å². The molecule has 2 aromatic carbocycles. The molecule has 0 aliphatic heterocycles. The molecule has 0 aliphatic rings. The van der Waals surface area contributed by atoms with Gasteiger partial charge in [-0.2, -0.15) is 13.2 Å². The maximum absolute atomic E-state index is 12.9. The second kappa shape index (κ2) is 8.57. The summed E-state index contributed by atoms with van der Waals surface area (Å²) in [6, 6.07) is 12.1. The van der Waals surface area contributed by atoms with Gasteiger partial charge < -0.3 is 15.5 Å². The molecule has 0 bridgehead atoms. The number of nitrogens with zero attached hydrogens (tertiary/aromatic N) is 1. The fourth-order valence-corrected chi connectivity index (χ4v) is 2.42. The second-order valence-electron chi connectivity index (χ2n) is 6.11. The minimum absolute atomic E-state index is 0.0251. The van der Waals surface area contributed by atoms with Crippen LogP contribution in [0.15, 0.2) is 48.5 Å². The smallest absolute Gasteiger partial charge is 0.376 e. The quantitative estimate of drug-likeness (QED) is 0.811. The van der Waals surface area contributed by atoms with Crippen molar-refractivity contribution < 1.29 is 22.8 Å². The van der Waals surface area contributed by atoms with Gasteiger partial charge in [0, 0.05) is 14.1 Å². The Kier molecular flexibility index (Phi) is 6.44. The van der Waals surface area contributed by atoms with Crippen LogP contribution in [0.3, 0.4) is 0 Å². The van der Waals surface area contributed by atoms with E-state index >= 15 is 0 Å². The summed E-state index contributed by atoms with van der Waals surface area (Å²) in [5.74, 6) is -0.966. The minimum Gasteiger partial charge on any atom is -0.376 e. The van der Waals surface area contributed by atoms with E-state index in [0.717, 1.165) is 17.7 Å². The van der Waals surface area contributed by atoms with E-state index in [1.165, 1.54) is 6.07 Å². The van der Waals surface area contributed by atoms with E-state index in [1.54, 1.807) is 43.3 Å². The molecular formula is C19H20F3N3O2. The van der Waals surface area contributed by atoms with Crippen molar-refractivity contribution in [2.75, 3.05) is 30.9 Å². The predicted molar refractivity (Wildman–Crippen MR) is 97.6 cm³/mol. The van der Waals surface area contributed by atoms with E-state index in [2.05, 4.69) is 10.6 Å². The van der Waals surface area contributed by atoms with Gasteiger partial charge >= 0.3 is 6.18 Å². The first kappa shape index (κ1) is 20.3. The van der Waals surface area contributed by atoms with Gasteiger partial charge in [0.25, 0.3) is 0 Å². The lowest BCUT2D eigenvalue weighted by Crippen LogP contribution is -2.34. The SMILES string of the molecule is CN(C)c1ccc(C(F)(F)F)cc1NC(=O)CNC(=O)Cc1ccccc1. The van der Waals surface area contributed by atoms with Crippen molar-refractivity contribution in [3.05, 3.63) is 59.7 Å². The lowest BCUT2D eigenvalue weighted by atomic mass is 10.1. The van der Waals surface area contributed by atoms with Crippen molar-refractivity contribution in [2.45, 2.75) is 12.6 Å². The van der Waals surface area contributed by atoms with Gasteiger partial charge in [0.05, 0.1) is 29.9 Å². The Hall–Kier alpha value is -3.03. The molecule has 0 spiro atoms. The van der Waals surface area contributed by atoms with Crippen molar-refractivity contribution in [2.24, 2.45) is 0 Å². The van der Waals surface area contributed by atoms with Crippen LogP contribution in [0.4, 0.5) is 24.5 Å². The molecule has 0 heterocycles. The molecule has 144 valence electrons. The average Bonchev–Trinajstić information content (AvgIpc) is 2.60. The maximum atomic E-state index is 12.9. The van der Waals surface area contributed by atoms with Crippen LogP contribution in [0.2, 0.25) is 0 Å². The van der Waals surface area contributed by atoms with Gasteiger partial charge in [-0.1, -0.05) is 30.3 Å². The third-order valence-corrected chi connectivity index (χ3v) is 3.73. The van der Waals surface area contributed by atoms with Crippen LogP contribution >= 0.6 is 0 Å². The molecule has 27 heavy (non-hydrogen) atoms. The van der Waals surface area contributed by atoms with Crippen LogP contribution in [0.5, 0.6) is 0 Å². The molecule has 0 saturated carbocycles. The highest BCUT2D eigenvalue weighted by Crippen LogP contribution is 2.34. The first-order valence-corrected chi connectivity index (χ1v) is 8.16. The van der Waals surface area contributed by atoms with Gasteiger partial charge in [-0.25, -0.2) is 0 Å². The molecule has 0 atom stereocenters. The van der Waals surface area contributed by atoms with E-state index in [-0.39, 0.29) is 24.6 Å². The van der Waals surface area contributed by atoms with Gasteiger partial charge in [0.2, 0.25) is 11.8 Å². The number of alkyl halides is 3. The molecule has 0 saturated heterocycles. The summed E-state index contributed by atoms with van der Waals surface area (Å²) in [6.45, 7) is -0.339. The molecule has 0 fully saturated rings. The fraction of sp³-hybridized carbons (Fsp3) is 0.263. The van der Waals surface area contributed by atoms with Crippen molar-refractivity contribution in [3.63, 3.8) is 0 Å². The normalized spacial score (nSPS) is 11.0. The third-order valence-electron chi connectivity index (χ3n) is 3.73. The molecule has 2 N–H and O–H groups in total. The zero-order valence-electron chi connectivity index (χ0n) is 14.9. The summed E-state index contributed by atoms with van der Waals surface area (Å²) in [7, 11) is 3.31. The summed E-state index contributed by atoms with van der Waals surface area (Å²) in [5, 5.41) is 4.89. The van der Waals surface area contributed by atoms with Crippen LogP contribution in [0, 0.1) is 0 Å². The Bertz CT molecular complexity index is 806. The number of halogens is 3. The molecule has 5 nitrogen and oxygen atoms in total. The molecule has 2 aromatic rings.